The van der Waals surface area contributed by atoms with Crippen molar-refractivity contribution in [3.63, 3.8) is 0 Å². The van der Waals surface area contributed by atoms with Crippen molar-refractivity contribution in [2.24, 2.45) is 0 Å². The zero-order chi connectivity index (χ0) is 36.0. The van der Waals surface area contributed by atoms with Crippen molar-refractivity contribution in [1.29, 1.82) is 0 Å². The van der Waals surface area contributed by atoms with E-state index in [1.165, 1.54) is 142 Å². The van der Waals surface area contributed by atoms with E-state index in [9.17, 15) is 24.9 Å². The van der Waals surface area contributed by atoms with E-state index >= 15 is 0 Å². The number of rotatable bonds is 33. The highest BCUT2D eigenvalue weighted by Gasteiger charge is 2.45. The van der Waals surface area contributed by atoms with E-state index in [0.29, 0.717) is 6.42 Å². The number of unbranched alkanes of at least 4 members (excludes halogenated alkanes) is 23. The second-order valence-electron chi connectivity index (χ2n) is 14.7. The molecule has 1 aliphatic rings. The van der Waals surface area contributed by atoms with Crippen molar-refractivity contribution in [3.8, 4) is 0 Å². The van der Waals surface area contributed by atoms with Gasteiger partial charge in [-0.05, 0) is 12.8 Å². The Bertz CT molecular complexity index is 786. The highest BCUT2D eigenvalue weighted by atomic mass is 16.7. The van der Waals surface area contributed by atoms with Crippen LogP contribution in [0.2, 0.25) is 0 Å². The zero-order valence-electron chi connectivity index (χ0n) is 31.9. The second kappa shape index (κ2) is 31.5. The maximum atomic E-state index is 13.0. The van der Waals surface area contributed by atoms with Crippen LogP contribution in [0, 0.1) is 0 Å². The number of carbonyl (C=O) groups is 2. The summed E-state index contributed by atoms with van der Waals surface area (Å²) in [6.45, 7) is 5.48. The summed E-state index contributed by atoms with van der Waals surface area (Å²) in [6.07, 6.45) is 27.9. The Morgan fingerprint density at radius 1 is 0.653 bits per heavy atom. The molecule has 1 saturated heterocycles. The molecule has 0 aromatic rings. The number of nitrogens with one attached hydrogen (secondary N) is 2. The van der Waals surface area contributed by atoms with Crippen LogP contribution in [-0.2, 0) is 19.1 Å². The van der Waals surface area contributed by atoms with E-state index < -0.39 is 43.2 Å². The summed E-state index contributed by atoms with van der Waals surface area (Å²) in [6, 6.07) is -1.24. The van der Waals surface area contributed by atoms with E-state index in [4.69, 9.17) is 9.47 Å². The molecule has 9 nitrogen and oxygen atoms in total. The van der Waals surface area contributed by atoms with E-state index in [-0.39, 0.29) is 18.6 Å². The Balaban J connectivity index is 2.47. The van der Waals surface area contributed by atoms with Crippen LogP contribution in [0.15, 0.2) is 0 Å². The van der Waals surface area contributed by atoms with Gasteiger partial charge in [-0.25, -0.2) is 0 Å². The number of hydrogen-bond donors (Lipinski definition) is 5. The van der Waals surface area contributed by atoms with Crippen molar-refractivity contribution < 1.29 is 34.4 Å². The van der Waals surface area contributed by atoms with Crippen LogP contribution in [-0.4, -0.2) is 77.0 Å². The Kier molecular flexibility index (Phi) is 29.4. The molecule has 49 heavy (non-hydrogen) atoms. The SMILES string of the molecule is CCCCCCCCCCCCCCCC(=O)N[C@H](CCCCCCCCCCCCCC)CO[C@@H]1O[C@H](CO)[C@@H](O)[C@H](O)[C@H]1NC(C)=O. The molecule has 290 valence electrons. The van der Waals surface area contributed by atoms with Gasteiger partial charge in [0.15, 0.2) is 6.29 Å². The summed E-state index contributed by atoms with van der Waals surface area (Å²) >= 11 is 0. The first-order chi connectivity index (χ1) is 23.8. The summed E-state index contributed by atoms with van der Waals surface area (Å²) < 4.78 is 11.8. The van der Waals surface area contributed by atoms with Gasteiger partial charge in [0.2, 0.25) is 11.8 Å². The van der Waals surface area contributed by atoms with Gasteiger partial charge in [0, 0.05) is 13.3 Å². The van der Waals surface area contributed by atoms with Gasteiger partial charge in [0.25, 0.3) is 0 Å². The molecule has 0 radical (unpaired) electrons. The van der Waals surface area contributed by atoms with Crippen LogP contribution in [0.5, 0.6) is 0 Å². The van der Waals surface area contributed by atoms with Crippen LogP contribution in [0.3, 0.4) is 0 Å². The third kappa shape index (κ3) is 23.8. The van der Waals surface area contributed by atoms with Gasteiger partial charge < -0.3 is 35.4 Å². The third-order valence-corrected chi connectivity index (χ3v) is 9.99. The first-order valence-electron chi connectivity index (χ1n) is 20.6. The minimum Gasteiger partial charge on any atom is -0.394 e. The fraction of sp³-hybridized carbons (Fsp3) is 0.950. The first kappa shape index (κ1) is 45.8. The average molecular weight is 699 g/mol. The molecule has 1 heterocycles. The van der Waals surface area contributed by atoms with Gasteiger partial charge in [-0.15, -0.1) is 0 Å². The average Bonchev–Trinajstić information content (AvgIpc) is 3.08. The highest BCUT2D eigenvalue weighted by molar-refractivity contribution is 5.76. The van der Waals surface area contributed by atoms with E-state index in [1.54, 1.807) is 0 Å². The Hall–Kier alpha value is -1.26. The summed E-state index contributed by atoms with van der Waals surface area (Å²) in [5.41, 5.74) is 0. The molecule has 0 aromatic heterocycles. The molecule has 1 rings (SSSR count). The normalized spacial score (nSPS) is 21.5. The standard InChI is InChI=1S/C40H78N2O7/c1-4-6-8-10-12-14-16-18-20-22-24-26-28-30-36(45)42-34(29-27-25-23-21-19-17-15-13-11-9-7-5-2)32-48-40-37(41-33(3)44)39(47)38(46)35(31-43)49-40/h34-35,37-40,43,46-47H,4-32H2,1-3H3,(H,41,44)(H,42,45)/t34-,35-,37-,38-,39-,40-/m1/s1. The molecule has 0 saturated carbocycles. The van der Waals surface area contributed by atoms with Gasteiger partial charge in [-0.1, -0.05) is 168 Å². The molecule has 0 unspecified atom stereocenters. The smallest absolute Gasteiger partial charge is 0.220 e. The number of hydrogen-bond acceptors (Lipinski definition) is 7. The lowest BCUT2D eigenvalue weighted by atomic mass is 9.97. The summed E-state index contributed by atoms with van der Waals surface area (Å²) in [5.74, 6) is -0.377. The van der Waals surface area contributed by atoms with Gasteiger partial charge in [-0.3, -0.25) is 9.59 Å². The third-order valence-electron chi connectivity index (χ3n) is 9.99. The number of amides is 2. The molecule has 0 aromatic carbocycles. The predicted molar refractivity (Wildman–Crippen MR) is 199 cm³/mol. The Labute approximate surface area is 300 Å². The summed E-state index contributed by atoms with van der Waals surface area (Å²) in [5, 5.41) is 36.4. The van der Waals surface area contributed by atoms with E-state index in [1.807, 2.05) is 0 Å². The molecule has 0 aliphatic carbocycles. The molecule has 2 amide bonds. The van der Waals surface area contributed by atoms with Crippen LogP contribution >= 0.6 is 0 Å². The van der Waals surface area contributed by atoms with Gasteiger partial charge in [0.05, 0.1) is 19.3 Å². The van der Waals surface area contributed by atoms with E-state index in [0.717, 1.165) is 32.1 Å². The lowest BCUT2D eigenvalue weighted by Gasteiger charge is -2.42. The second-order valence-corrected chi connectivity index (χ2v) is 14.7. The van der Waals surface area contributed by atoms with Gasteiger partial charge in [0.1, 0.15) is 24.4 Å². The van der Waals surface area contributed by atoms with Gasteiger partial charge >= 0.3 is 0 Å². The lowest BCUT2D eigenvalue weighted by molar-refractivity contribution is -0.271. The Morgan fingerprint density at radius 3 is 1.51 bits per heavy atom. The lowest BCUT2D eigenvalue weighted by Crippen LogP contribution is -2.64. The molecule has 1 fully saturated rings. The molecular formula is C40H78N2O7. The minimum absolute atomic E-state index is 0.0160. The fourth-order valence-electron chi connectivity index (χ4n) is 6.86. The molecule has 0 bridgehead atoms. The van der Waals surface area contributed by atoms with Gasteiger partial charge in [-0.2, -0.15) is 0 Å². The number of aliphatic hydroxyl groups is 3. The van der Waals surface area contributed by atoms with Crippen LogP contribution in [0.4, 0.5) is 0 Å². The molecule has 1 aliphatic heterocycles. The number of ether oxygens (including phenoxy) is 2. The largest absolute Gasteiger partial charge is 0.394 e. The molecule has 6 atom stereocenters. The van der Waals surface area contributed by atoms with E-state index in [2.05, 4.69) is 24.5 Å². The minimum atomic E-state index is -1.36. The Morgan fingerprint density at radius 2 is 1.08 bits per heavy atom. The quantitative estimate of drug-likeness (QED) is 0.0438. The van der Waals surface area contributed by atoms with Crippen molar-refractivity contribution in [1.82, 2.24) is 10.6 Å². The maximum Gasteiger partial charge on any atom is 0.220 e. The van der Waals surface area contributed by atoms with Crippen molar-refractivity contribution in [3.05, 3.63) is 0 Å². The molecular weight excluding hydrogens is 620 g/mol. The number of carbonyl (C=O) groups excluding carboxylic acids is 2. The maximum absolute atomic E-state index is 13.0. The van der Waals surface area contributed by atoms with Crippen molar-refractivity contribution in [2.75, 3.05) is 13.2 Å². The van der Waals surface area contributed by atoms with Crippen LogP contribution in [0.25, 0.3) is 0 Å². The molecule has 0 spiro atoms. The predicted octanol–water partition coefficient (Wildman–Crippen LogP) is 8.00. The monoisotopic (exact) mass is 699 g/mol. The van der Waals surface area contributed by atoms with Crippen molar-refractivity contribution >= 4 is 11.8 Å². The van der Waals surface area contributed by atoms with Crippen molar-refractivity contribution in [2.45, 2.75) is 231 Å². The van der Waals surface area contributed by atoms with Crippen LogP contribution in [0.1, 0.15) is 194 Å². The highest BCUT2D eigenvalue weighted by Crippen LogP contribution is 2.23. The molecule has 5 N–H and O–H groups in total. The summed E-state index contributed by atoms with van der Waals surface area (Å²) in [7, 11) is 0. The summed E-state index contributed by atoms with van der Waals surface area (Å²) in [4.78, 5) is 24.8. The zero-order valence-corrected chi connectivity index (χ0v) is 31.9. The van der Waals surface area contributed by atoms with Crippen LogP contribution < -0.4 is 10.6 Å². The fourth-order valence-corrected chi connectivity index (χ4v) is 6.86. The molecule has 9 heteroatoms. The number of aliphatic hydroxyl groups excluding tert-OH is 3. The topological polar surface area (TPSA) is 137 Å². The first-order valence-corrected chi connectivity index (χ1v) is 20.6.